The quantitative estimate of drug-likeness (QED) is 0.440. The number of hydrogen-bond donors (Lipinski definition) is 3. The minimum Gasteiger partial charge on any atom is -1.00 e. The maximum Gasteiger partial charge on any atom is 0.0900 e. The van der Waals surface area contributed by atoms with Gasteiger partial charge in [0.15, 0.2) is 0 Å². The van der Waals surface area contributed by atoms with Crippen LogP contribution in [-0.4, -0.2) is 65.8 Å². The van der Waals surface area contributed by atoms with Crippen LogP contribution in [0.5, 0.6) is 0 Å². The highest BCUT2D eigenvalue weighted by Crippen LogP contribution is 2.10. The van der Waals surface area contributed by atoms with E-state index in [1.54, 1.807) is 17.0 Å². The van der Waals surface area contributed by atoms with Crippen molar-refractivity contribution in [2.24, 2.45) is 0 Å². The van der Waals surface area contributed by atoms with Crippen molar-refractivity contribution in [3.63, 3.8) is 0 Å². The molecule has 1 aromatic rings. The summed E-state index contributed by atoms with van der Waals surface area (Å²) in [5.74, 6) is 0. The lowest BCUT2D eigenvalue weighted by Gasteiger charge is -2.23. The van der Waals surface area contributed by atoms with Gasteiger partial charge in [0.05, 0.1) is 32.5 Å². The number of rotatable bonds is 10. The van der Waals surface area contributed by atoms with E-state index in [-0.39, 0.29) is 32.2 Å². The van der Waals surface area contributed by atoms with Gasteiger partial charge in [-0.25, -0.2) is 0 Å². The molecule has 7 heteroatoms. The molecule has 0 aliphatic heterocycles. The Morgan fingerprint density at radius 1 is 1.10 bits per heavy atom. The second-order valence-corrected chi connectivity index (χ2v) is 4.98. The summed E-state index contributed by atoms with van der Waals surface area (Å²) in [5, 5.41) is 28.3. The molecule has 0 aliphatic rings. The predicted molar refractivity (Wildman–Crippen MR) is 77.7 cm³/mol. The van der Waals surface area contributed by atoms with Crippen LogP contribution in [0.3, 0.4) is 0 Å². The zero-order valence-corrected chi connectivity index (χ0v) is 13.3. The SMILES string of the molecule is OCCN(CCO)CC(O)COCc1ccc(Cl)cc1.[Cl-]. The topological polar surface area (TPSA) is 73.2 Å². The van der Waals surface area contributed by atoms with Crippen molar-refractivity contribution in [2.45, 2.75) is 12.7 Å². The number of aliphatic hydroxyl groups excluding tert-OH is 3. The van der Waals surface area contributed by atoms with Gasteiger partial charge in [0.1, 0.15) is 0 Å². The van der Waals surface area contributed by atoms with Gasteiger partial charge in [-0.3, -0.25) is 4.90 Å². The molecule has 0 saturated carbocycles. The molecule has 1 aromatic carbocycles. The maximum absolute atomic E-state index is 9.84. The van der Waals surface area contributed by atoms with E-state index in [4.69, 9.17) is 26.6 Å². The standard InChI is InChI=1S/C14H22ClNO4.ClH/c15-13-3-1-12(2-4-13)10-20-11-14(19)9-16(5-7-17)6-8-18;/h1-4,14,17-19H,5-11H2;1H/p-1. The van der Waals surface area contributed by atoms with Gasteiger partial charge in [-0.2, -0.15) is 0 Å². The second-order valence-electron chi connectivity index (χ2n) is 4.54. The van der Waals surface area contributed by atoms with E-state index in [9.17, 15) is 5.11 Å². The summed E-state index contributed by atoms with van der Waals surface area (Å²) < 4.78 is 5.43. The molecule has 0 saturated heterocycles. The minimum absolute atomic E-state index is 0. The summed E-state index contributed by atoms with van der Waals surface area (Å²) in [6.07, 6.45) is -0.652. The van der Waals surface area contributed by atoms with Gasteiger partial charge in [-0.15, -0.1) is 0 Å². The Kier molecular flexibility index (Phi) is 11.9. The van der Waals surface area contributed by atoms with Crippen molar-refractivity contribution < 1.29 is 32.5 Å². The minimum atomic E-state index is -0.652. The largest absolute Gasteiger partial charge is 1.00 e. The highest BCUT2D eigenvalue weighted by molar-refractivity contribution is 6.30. The van der Waals surface area contributed by atoms with Crippen LogP contribution in [0.2, 0.25) is 5.02 Å². The Morgan fingerprint density at radius 2 is 1.67 bits per heavy atom. The average Bonchev–Trinajstić information content (AvgIpc) is 2.41. The molecule has 0 heterocycles. The Bertz CT molecular complexity index is 358. The molecule has 3 N–H and O–H groups in total. The van der Waals surface area contributed by atoms with Gasteiger partial charge in [0.25, 0.3) is 0 Å². The van der Waals surface area contributed by atoms with Crippen LogP contribution in [0.25, 0.3) is 0 Å². The normalized spacial score (nSPS) is 12.2. The highest BCUT2D eigenvalue weighted by atomic mass is 35.5. The molecule has 0 radical (unpaired) electrons. The van der Waals surface area contributed by atoms with Gasteiger partial charge in [-0.1, -0.05) is 23.7 Å². The van der Waals surface area contributed by atoms with E-state index in [0.29, 0.717) is 31.3 Å². The molecule has 21 heavy (non-hydrogen) atoms. The van der Waals surface area contributed by atoms with Crippen LogP contribution >= 0.6 is 11.6 Å². The summed E-state index contributed by atoms with van der Waals surface area (Å²) in [6, 6.07) is 7.33. The molecule has 1 rings (SSSR count). The first kappa shape index (κ1) is 20.6. The summed E-state index contributed by atoms with van der Waals surface area (Å²) in [6.45, 7) is 1.83. The van der Waals surface area contributed by atoms with Crippen molar-refractivity contribution >= 4 is 11.6 Å². The number of hydrogen-bond acceptors (Lipinski definition) is 5. The maximum atomic E-state index is 9.84. The Labute approximate surface area is 136 Å². The lowest BCUT2D eigenvalue weighted by Crippen LogP contribution is -3.00. The number of nitrogens with zero attached hydrogens (tertiary/aromatic N) is 1. The fourth-order valence-corrected chi connectivity index (χ4v) is 1.95. The lowest BCUT2D eigenvalue weighted by molar-refractivity contribution is -0.0000283. The van der Waals surface area contributed by atoms with Crippen molar-refractivity contribution in [2.75, 3.05) is 39.5 Å². The number of benzene rings is 1. The highest BCUT2D eigenvalue weighted by Gasteiger charge is 2.11. The number of ether oxygens (including phenoxy) is 1. The molecule has 0 bridgehead atoms. The molecule has 0 spiro atoms. The van der Waals surface area contributed by atoms with E-state index in [1.807, 2.05) is 12.1 Å². The van der Waals surface area contributed by atoms with E-state index >= 15 is 0 Å². The molecule has 0 fully saturated rings. The molecule has 5 nitrogen and oxygen atoms in total. The monoisotopic (exact) mass is 338 g/mol. The zero-order valence-electron chi connectivity index (χ0n) is 11.8. The zero-order chi connectivity index (χ0) is 14.8. The third kappa shape index (κ3) is 9.26. The molecule has 122 valence electrons. The van der Waals surface area contributed by atoms with Crippen LogP contribution in [0, 0.1) is 0 Å². The summed E-state index contributed by atoms with van der Waals surface area (Å²) in [4.78, 5) is 1.79. The average molecular weight is 339 g/mol. The smallest absolute Gasteiger partial charge is 0.0900 e. The number of halogens is 2. The van der Waals surface area contributed by atoms with Crippen molar-refractivity contribution in [3.05, 3.63) is 34.9 Å². The Morgan fingerprint density at radius 3 is 2.19 bits per heavy atom. The van der Waals surface area contributed by atoms with Gasteiger partial charge < -0.3 is 32.5 Å². The predicted octanol–water partition coefficient (Wildman–Crippen LogP) is -2.49. The Balaban J connectivity index is 0.00000400. The summed E-state index contributed by atoms with van der Waals surface area (Å²) in [5.41, 5.74) is 0.990. The third-order valence-electron chi connectivity index (χ3n) is 2.79. The summed E-state index contributed by atoms with van der Waals surface area (Å²) >= 11 is 5.79. The molecule has 0 amide bonds. The van der Waals surface area contributed by atoms with E-state index in [0.717, 1.165) is 5.56 Å². The van der Waals surface area contributed by atoms with Crippen LogP contribution in [-0.2, 0) is 11.3 Å². The molecule has 0 aromatic heterocycles. The number of aliphatic hydroxyl groups is 3. The molecule has 0 aliphatic carbocycles. The van der Waals surface area contributed by atoms with Crippen molar-refractivity contribution in [3.8, 4) is 0 Å². The van der Waals surface area contributed by atoms with Crippen LogP contribution in [0.15, 0.2) is 24.3 Å². The van der Waals surface area contributed by atoms with Crippen LogP contribution < -0.4 is 12.4 Å². The van der Waals surface area contributed by atoms with Gasteiger partial charge in [0.2, 0.25) is 0 Å². The molecular formula is C14H22Cl2NO4-. The third-order valence-corrected chi connectivity index (χ3v) is 3.05. The van der Waals surface area contributed by atoms with Gasteiger partial charge in [0, 0.05) is 24.7 Å². The second kappa shape index (κ2) is 12.2. The van der Waals surface area contributed by atoms with Crippen molar-refractivity contribution in [1.29, 1.82) is 0 Å². The van der Waals surface area contributed by atoms with Crippen LogP contribution in [0.1, 0.15) is 5.56 Å². The molecule has 1 atom stereocenters. The first-order valence-corrected chi connectivity index (χ1v) is 6.98. The van der Waals surface area contributed by atoms with E-state index in [1.165, 1.54) is 0 Å². The fraction of sp³-hybridized carbons (Fsp3) is 0.571. The van der Waals surface area contributed by atoms with Crippen molar-refractivity contribution in [1.82, 2.24) is 4.90 Å². The molecule has 1 unspecified atom stereocenters. The van der Waals surface area contributed by atoms with E-state index < -0.39 is 6.10 Å². The van der Waals surface area contributed by atoms with Gasteiger partial charge >= 0.3 is 0 Å². The fourth-order valence-electron chi connectivity index (χ4n) is 1.82. The molecular weight excluding hydrogens is 317 g/mol. The van der Waals surface area contributed by atoms with E-state index in [2.05, 4.69) is 0 Å². The first-order chi connectivity index (χ1) is 9.65. The summed E-state index contributed by atoms with van der Waals surface area (Å²) in [7, 11) is 0. The Hall–Kier alpha value is -0.400. The lowest BCUT2D eigenvalue weighted by atomic mass is 10.2. The first-order valence-electron chi connectivity index (χ1n) is 6.60. The van der Waals surface area contributed by atoms with Crippen LogP contribution in [0.4, 0.5) is 0 Å². The van der Waals surface area contributed by atoms with Gasteiger partial charge in [-0.05, 0) is 17.7 Å².